The van der Waals surface area contributed by atoms with Gasteiger partial charge in [-0.3, -0.25) is 9.48 Å². The van der Waals surface area contributed by atoms with Crippen molar-refractivity contribution in [2.24, 2.45) is 0 Å². The summed E-state index contributed by atoms with van der Waals surface area (Å²) in [5.74, 6) is 0.604. The van der Waals surface area contributed by atoms with Crippen LogP contribution in [0.4, 0.5) is 0 Å². The van der Waals surface area contributed by atoms with E-state index in [-0.39, 0.29) is 17.7 Å². The van der Waals surface area contributed by atoms with Gasteiger partial charge in [-0.2, -0.15) is 16.4 Å². The van der Waals surface area contributed by atoms with E-state index in [1.807, 2.05) is 48.2 Å². The largest absolute Gasteiger partial charge is 0.493 e. The minimum Gasteiger partial charge on any atom is -0.493 e. The number of carbonyl (C=O) groups is 1. The van der Waals surface area contributed by atoms with Crippen molar-refractivity contribution in [3.8, 4) is 5.75 Å². The van der Waals surface area contributed by atoms with Crippen LogP contribution in [0.1, 0.15) is 33.5 Å². The van der Waals surface area contributed by atoms with Crippen LogP contribution in [-0.4, -0.2) is 29.3 Å². The maximum atomic E-state index is 12.7. The molecule has 0 saturated heterocycles. The number of thiophene rings is 1. The van der Waals surface area contributed by atoms with E-state index < -0.39 is 0 Å². The summed E-state index contributed by atoms with van der Waals surface area (Å²) in [6, 6.07) is 11.3. The number of aromatic nitrogens is 2. The summed E-state index contributed by atoms with van der Waals surface area (Å²) >= 11 is 1.63. The molecule has 0 aliphatic heterocycles. The third-order valence-electron chi connectivity index (χ3n) is 4.68. The Morgan fingerprint density at radius 2 is 2.18 bits per heavy atom. The number of amides is 1. The van der Waals surface area contributed by atoms with Gasteiger partial charge in [0.2, 0.25) is 0 Å². The second-order valence-corrected chi connectivity index (χ2v) is 7.42. The van der Waals surface area contributed by atoms with Crippen molar-refractivity contribution < 1.29 is 13.9 Å². The van der Waals surface area contributed by atoms with Crippen LogP contribution in [0.3, 0.4) is 0 Å². The summed E-state index contributed by atoms with van der Waals surface area (Å²) in [4.78, 5) is 12.7. The number of furan rings is 1. The average molecular weight is 395 g/mol. The first-order valence-corrected chi connectivity index (χ1v) is 9.90. The van der Waals surface area contributed by atoms with E-state index in [4.69, 9.17) is 9.15 Å². The molecular formula is C21H21N3O3S. The summed E-state index contributed by atoms with van der Waals surface area (Å²) in [5, 5.41) is 12.5. The van der Waals surface area contributed by atoms with Crippen molar-refractivity contribution in [1.82, 2.24) is 15.1 Å². The zero-order valence-corrected chi connectivity index (χ0v) is 16.7. The van der Waals surface area contributed by atoms with Gasteiger partial charge in [-0.05, 0) is 54.4 Å². The van der Waals surface area contributed by atoms with Gasteiger partial charge in [-0.1, -0.05) is 12.1 Å². The molecule has 0 fully saturated rings. The van der Waals surface area contributed by atoms with Gasteiger partial charge in [0.05, 0.1) is 18.8 Å². The molecule has 1 N–H and O–H groups in total. The van der Waals surface area contributed by atoms with E-state index in [9.17, 15) is 4.79 Å². The van der Waals surface area contributed by atoms with E-state index in [2.05, 4.69) is 21.9 Å². The molecule has 0 unspecified atom stereocenters. The lowest BCUT2D eigenvalue weighted by Gasteiger charge is -2.19. The van der Waals surface area contributed by atoms with Gasteiger partial charge in [-0.25, -0.2) is 0 Å². The fraction of sp³-hybridized carbons (Fsp3) is 0.238. The van der Waals surface area contributed by atoms with Crippen LogP contribution in [-0.2, 0) is 0 Å². The van der Waals surface area contributed by atoms with Crippen LogP contribution in [0.25, 0.3) is 11.0 Å². The molecule has 1 aromatic carbocycles. The molecule has 0 aliphatic carbocycles. The lowest BCUT2D eigenvalue weighted by Crippen LogP contribution is -2.31. The number of ether oxygens (including phenoxy) is 1. The van der Waals surface area contributed by atoms with Crippen molar-refractivity contribution in [3.63, 3.8) is 0 Å². The molecule has 3 heterocycles. The van der Waals surface area contributed by atoms with Gasteiger partial charge in [0.1, 0.15) is 0 Å². The molecule has 0 aliphatic rings. The van der Waals surface area contributed by atoms with Gasteiger partial charge in [0, 0.05) is 17.6 Å². The molecule has 1 amide bonds. The Balaban J connectivity index is 1.57. The van der Waals surface area contributed by atoms with Gasteiger partial charge in [-0.15, -0.1) is 0 Å². The minimum atomic E-state index is -0.264. The molecule has 3 aromatic heterocycles. The topological polar surface area (TPSA) is 69.3 Å². The molecule has 1 atom stereocenters. The predicted octanol–water partition coefficient (Wildman–Crippen LogP) is 4.34. The highest BCUT2D eigenvalue weighted by molar-refractivity contribution is 7.08. The molecule has 6 nitrogen and oxygen atoms in total. The summed E-state index contributed by atoms with van der Waals surface area (Å²) < 4.78 is 13.0. The Labute approximate surface area is 166 Å². The summed E-state index contributed by atoms with van der Waals surface area (Å²) in [6.45, 7) is 4.40. The number of rotatable bonds is 6. The maximum Gasteiger partial charge on any atom is 0.287 e. The van der Waals surface area contributed by atoms with Crippen molar-refractivity contribution in [3.05, 3.63) is 69.9 Å². The van der Waals surface area contributed by atoms with E-state index >= 15 is 0 Å². The first-order chi connectivity index (χ1) is 13.6. The smallest absolute Gasteiger partial charge is 0.287 e. The Morgan fingerprint density at radius 3 is 2.86 bits per heavy atom. The zero-order chi connectivity index (χ0) is 19.7. The molecule has 0 spiro atoms. The molecule has 0 saturated carbocycles. The number of benzene rings is 1. The standard InChI is InChI=1S/C21H21N3O3S/c1-13-9-14(2)24(23-13)17(16-7-8-28-12-16)11-22-21(25)19-10-15-5-4-6-18(26-3)20(15)27-19/h4-10,12,17H,11H2,1-3H3,(H,22,25)/t17-/m0/s1. The molecule has 0 bridgehead atoms. The lowest BCUT2D eigenvalue weighted by atomic mass is 10.1. The normalized spacial score (nSPS) is 12.2. The van der Waals surface area contributed by atoms with Crippen LogP contribution in [0.15, 0.2) is 51.6 Å². The quantitative estimate of drug-likeness (QED) is 0.527. The number of methoxy groups -OCH3 is 1. The Morgan fingerprint density at radius 1 is 1.32 bits per heavy atom. The van der Waals surface area contributed by atoms with E-state index in [1.165, 1.54) is 0 Å². The fourth-order valence-electron chi connectivity index (χ4n) is 3.36. The second-order valence-electron chi connectivity index (χ2n) is 6.64. The second kappa shape index (κ2) is 7.52. The van der Waals surface area contributed by atoms with E-state index in [0.29, 0.717) is 17.9 Å². The minimum absolute atomic E-state index is 0.0807. The third-order valence-corrected chi connectivity index (χ3v) is 5.38. The lowest BCUT2D eigenvalue weighted by molar-refractivity contribution is 0.0923. The van der Waals surface area contributed by atoms with Crippen LogP contribution in [0, 0.1) is 13.8 Å². The Bertz CT molecular complexity index is 1110. The van der Waals surface area contributed by atoms with Gasteiger partial charge >= 0.3 is 0 Å². The van der Waals surface area contributed by atoms with Gasteiger partial charge < -0.3 is 14.5 Å². The highest BCUT2D eigenvalue weighted by Crippen LogP contribution is 2.28. The number of carbonyl (C=O) groups excluding carboxylic acids is 1. The van der Waals surface area contributed by atoms with Gasteiger partial charge in [0.15, 0.2) is 17.1 Å². The van der Waals surface area contributed by atoms with E-state index in [0.717, 1.165) is 22.3 Å². The monoisotopic (exact) mass is 395 g/mol. The molecule has 7 heteroatoms. The third kappa shape index (κ3) is 3.41. The predicted molar refractivity (Wildman–Crippen MR) is 109 cm³/mol. The van der Waals surface area contributed by atoms with E-state index in [1.54, 1.807) is 24.5 Å². The first-order valence-electron chi connectivity index (χ1n) is 8.96. The Hall–Kier alpha value is -3.06. The summed E-state index contributed by atoms with van der Waals surface area (Å²) in [7, 11) is 1.58. The highest BCUT2D eigenvalue weighted by atomic mass is 32.1. The average Bonchev–Trinajstić information content (AvgIpc) is 3.41. The van der Waals surface area contributed by atoms with Crippen LogP contribution in [0.2, 0.25) is 0 Å². The Kier molecular flexibility index (Phi) is 4.92. The maximum absolute atomic E-state index is 12.7. The highest BCUT2D eigenvalue weighted by Gasteiger charge is 2.21. The molecule has 0 radical (unpaired) electrons. The van der Waals surface area contributed by atoms with Gasteiger partial charge in [0.25, 0.3) is 5.91 Å². The molecule has 4 rings (SSSR count). The molecular weight excluding hydrogens is 374 g/mol. The SMILES string of the molecule is COc1cccc2cc(C(=O)NC[C@@H](c3ccsc3)n3nc(C)cc3C)oc12. The van der Waals surface area contributed by atoms with Crippen LogP contribution >= 0.6 is 11.3 Å². The van der Waals surface area contributed by atoms with Crippen molar-refractivity contribution >= 4 is 28.2 Å². The number of nitrogens with zero attached hydrogens (tertiary/aromatic N) is 2. The van der Waals surface area contributed by atoms with Crippen LogP contribution < -0.4 is 10.1 Å². The number of aryl methyl sites for hydroxylation is 2. The fourth-order valence-corrected chi connectivity index (χ4v) is 4.06. The number of hydrogen-bond donors (Lipinski definition) is 1. The number of nitrogens with one attached hydrogen (secondary N) is 1. The first kappa shape index (κ1) is 18.3. The summed E-state index contributed by atoms with van der Waals surface area (Å²) in [5.41, 5.74) is 3.69. The molecule has 144 valence electrons. The summed E-state index contributed by atoms with van der Waals surface area (Å²) in [6.07, 6.45) is 0. The van der Waals surface area contributed by atoms with Crippen molar-refractivity contribution in [2.45, 2.75) is 19.9 Å². The number of fused-ring (bicyclic) bond motifs is 1. The number of hydrogen-bond acceptors (Lipinski definition) is 5. The number of para-hydroxylation sites is 1. The van der Waals surface area contributed by atoms with Crippen molar-refractivity contribution in [2.75, 3.05) is 13.7 Å². The molecule has 4 aromatic rings. The van der Waals surface area contributed by atoms with Crippen LogP contribution in [0.5, 0.6) is 5.75 Å². The van der Waals surface area contributed by atoms with Crippen molar-refractivity contribution in [1.29, 1.82) is 0 Å². The molecule has 28 heavy (non-hydrogen) atoms. The zero-order valence-electron chi connectivity index (χ0n) is 15.9.